The molecule has 0 saturated carbocycles. The number of nitrogens with zero attached hydrogens (tertiary/aromatic N) is 1. The van der Waals surface area contributed by atoms with E-state index < -0.39 is 10.0 Å². The van der Waals surface area contributed by atoms with Gasteiger partial charge >= 0.3 is 0 Å². The lowest BCUT2D eigenvalue weighted by Crippen LogP contribution is -2.46. The van der Waals surface area contributed by atoms with Crippen molar-refractivity contribution >= 4 is 15.9 Å². The van der Waals surface area contributed by atoms with Gasteiger partial charge in [0.25, 0.3) is 0 Å². The van der Waals surface area contributed by atoms with Crippen LogP contribution in [-0.4, -0.2) is 52.5 Å². The molecule has 0 radical (unpaired) electrons. The van der Waals surface area contributed by atoms with E-state index in [-0.39, 0.29) is 35.2 Å². The molecule has 0 aromatic heterocycles. The predicted molar refractivity (Wildman–Crippen MR) is 101 cm³/mol. The van der Waals surface area contributed by atoms with E-state index in [1.165, 1.54) is 39.5 Å². The number of ether oxygens (including phenoxy) is 2. The fourth-order valence-corrected chi connectivity index (χ4v) is 3.92. The Kier molecular flexibility index (Phi) is 7.89. The average molecular weight is 387 g/mol. The molecule has 1 amide bonds. The molecule has 0 bridgehead atoms. The van der Waals surface area contributed by atoms with Crippen molar-refractivity contribution in [3.63, 3.8) is 0 Å². The summed E-state index contributed by atoms with van der Waals surface area (Å²) in [6.07, 6.45) is 0. The maximum atomic E-state index is 12.7. The minimum atomic E-state index is -3.83. The minimum Gasteiger partial charge on any atom is -0.493 e. The highest BCUT2D eigenvalue weighted by molar-refractivity contribution is 7.89. The Bertz CT molecular complexity index is 708. The number of benzene rings is 1. The second kappa shape index (κ2) is 9.23. The van der Waals surface area contributed by atoms with Crippen molar-refractivity contribution in [2.75, 3.05) is 27.8 Å². The molecule has 0 aliphatic rings. The Balaban J connectivity index is 2.94. The molecule has 0 spiro atoms. The van der Waals surface area contributed by atoms with Crippen molar-refractivity contribution in [1.29, 1.82) is 0 Å². The molecular formula is C18H30N2O5S. The summed E-state index contributed by atoms with van der Waals surface area (Å²) in [5, 5.41) is 2.92. The van der Waals surface area contributed by atoms with E-state index in [2.05, 4.69) is 5.32 Å². The summed E-state index contributed by atoms with van der Waals surface area (Å²) in [7, 11) is 0.458. The van der Waals surface area contributed by atoms with E-state index in [4.69, 9.17) is 9.47 Å². The predicted octanol–water partition coefficient (Wildman–Crippen LogP) is 2.12. The molecule has 7 nitrogen and oxygen atoms in total. The van der Waals surface area contributed by atoms with Crippen LogP contribution in [0.4, 0.5) is 0 Å². The van der Waals surface area contributed by atoms with E-state index >= 15 is 0 Å². The molecule has 148 valence electrons. The molecule has 0 atom stereocenters. The molecule has 1 aromatic carbocycles. The maximum Gasteiger partial charge on any atom is 0.243 e. The molecule has 0 saturated heterocycles. The molecule has 1 N–H and O–H groups in total. The van der Waals surface area contributed by atoms with E-state index in [0.717, 1.165) is 4.31 Å². The topological polar surface area (TPSA) is 84.9 Å². The quantitative estimate of drug-likeness (QED) is 0.703. The van der Waals surface area contributed by atoms with Gasteiger partial charge in [0.2, 0.25) is 15.9 Å². The van der Waals surface area contributed by atoms with Gasteiger partial charge in [-0.05, 0) is 24.0 Å². The Labute approximate surface area is 156 Å². The first-order valence-corrected chi connectivity index (χ1v) is 9.96. The maximum absolute atomic E-state index is 12.7. The number of nitrogens with one attached hydrogen (secondary N) is 1. The lowest BCUT2D eigenvalue weighted by Gasteiger charge is -2.27. The van der Waals surface area contributed by atoms with E-state index in [1.807, 2.05) is 27.7 Å². The van der Waals surface area contributed by atoms with Crippen LogP contribution in [0.3, 0.4) is 0 Å². The van der Waals surface area contributed by atoms with Crippen LogP contribution in [0.5, 0.6) is 11.5 Å². The highest BCUT2D eigenvalue weighted by Gasteiger charge is 2.26. The second-order valence-corrected chi connectivity index (χ2v) is 8.90. The summed E-state index contributed by atoms with van der Waals surface area (Å²) in [4.78, 5) is 12.3. The minimum absolute atomic E-state index is 0.0142. The molecule has 26 heavy (non-hydrogen) atoms. The van der Waals surface area contributed by atoms with Crippen molar-refractivity contribution in [2.45, 2.75) is 38.6 Å². The Morgan fingerprint density at radius 1 is 1.08 bits per heavy atom. The molecule has 8 heteroatoms. The standard InChI is InChI=1S/C18H30N2O5S/c1-12(2)18(13(3)4)19-17(21)11-20(5)26(22,23)14-8-9-15(24-6)16(10-14)25-7/h8-10,12-13,18H,11H2,1-7H3,(H,19,21). The van der Waals surface area contributed by atoms with Crippen molar-refractivity contribution < 1.29 is 22.7 Å². The van der Waals surface area contributed by atoms with Gasteiger partial charge in [0.05, 0.1) is 25.7 Å². The lowest BCUT2D eigenvalue weighted by atomic mass is 9.93. The number of likely N-dealkylation sites (N-methyl/N-ethyl adjacent to an activating group) is 1. The van der Waals surface area contributed by atoms with E-state index in [9.17, 15) is 13.2 Å². The first-order chi connectivity index (χ1) is 12.0. The van der Waals surface area contributed by atoms with Crippen LogP contribution in [-0.2, 0) is 14.8 Å². The molecular weight excluding hydrogens is 356 g/mol. The van der Waals surface area contributed by atoms with Gasteiger partial charge in [-0.15, -0.1) is 0 Å². The van der Waals surface area contributed by atoms with Crippen molar-refractivity contribution in [3.05, 3.63) is 18.2 Å². The number of rotatable bonds is 9. The van der Waals surface area contributed by atoms with E-state index in [1.54, 1.807) is 0 Å². The monoisotopic (exact) mass is 386 g/mol. The summed E-state index contributed by atoms with van der Waals surface area (Å²) in [5.74, 6) is 0.928. The zero-order chi connectivity index (χ0) is 20.1. The molecule has 0 unspecified atom stereocenters. The number of hydrogen-bond acceptors (Lipinski definition) is 5. The van der Waals surface area contributed by atoms with Crippen molar-refractivity contribution in [3.8, 4) is 11.5 Å². The number of carbonyl (C=O) groups is 1. The molecule has 0 aliphatic carbocycles. The van der Waals surface area contributed by atoms with Crippen LogP contribution >= 0.6 is 0 Å². The molecule has 0 fully saturated rings. The number of amides is 1. The third kappa shape index (κ3) is 5.35. The lowest BCUT2D eigenvalue weighted by molar-refractivity contribution is -0.122. The zero-order valence-corrected chi connectivity index (χ0v) is 17.4. The average Bonchev–Trinajstić information content (AvgIpc) is 2.58. The third-order valence-corrected chi connectivity index (χ3v) is 5.99. The highest BCUT2D eigenvalue weighted by Crippen LogP contribution is 2.30. The number of methoxy groups -OCH3 is 2. The largest absolute Gasteiger partial charge is 0.493 e. The van der Waals surface area contributed by atoms with Gasteiger partial charge in [-0.3, -0.25) is 4.79 Å². The molecule has 0 aliphatic heterocycles. The highest BCUT2D eigenvalue weighted by atomic mass is 32.2. The fourth-order valence-electron chi connectivity index (χ4n) is 2.78. The van der Waals surface area contributed by atoms with Crippen LogP contribution in [0.15, 0.2) is 23.1 Å². The first-order valence-electron chi connectivity index (χ1n) is 8.52. The Hall–Kier alpha value is -1.80. The van der Waals surface area contributed by atoms with Gasteiger partial charge in [-0.25, -0.2) is 8.42 Å². The number of hydrogen-bond donors (Lipinski definition) is 1. The molecule has 1 aromatic rings. The van der Waals surface area contributed by atoms with Crippen molar-refractivity contribution in [1.82, 2.24) is 9.62 Å². The van der Waals surface area contributed by atoms with Gasteiger partial charge in [0, 0.05) is 19.2 Å². The fraction of sp³-hybridized carbons (Fsp3) is 0.611. The summed E-state index contributed by atoms with van der Waals surface area (Å²) in [6, 6.07) is 4.32. The van der Waals surface area contributed by atoms with Crippen LogP contribution in [0.25, 0.3) is 0 Å². The number of carbonyl (C=O) groups excluding carboxylic acids is 1. The van der Waals surface area contributed by atoms with Crippen LogP contribution in [0.2, 0.25) is 0 Å². The van der Waals surface area contributed by atoms with Gasteiger partial charge in [-0.1, -0.05) is 27.7 Å². The summed E-state index contributed by atoms with van der Waals surface area (Å²) in [5.41, 5.74) is 0. The second-order valence-electron chi connectivity index (χ2n) is 6.86. The van der Waals surface area contributed by atoms with Gasteiger partial charge in [0.15, 0.2) is 11.5 Å². The van der Waals surface area contributed by atoms with Gasteiger partial charge in [0.1, 0.15) is 0 Å². The Morgan fingerprint density at radius 2 is 1.62 bits per heavy atom. The summed E-state index contributed by atoms with van der Waals surface area (Å²) >= 11 is 0. The Morgan fingerprint density at radius 3 is 2.08 bits per heavy atom. The molecule has 0 heterocycles. The van der Waals surface area contributed by atoms with Gasteiger partial charge < -0.3 is 14.8 Å². The van der Waals surface area contributed by atoms with Gasteiger partial charge in [-0.2, -0.15) is 4.31 Å². The van der Waals surface area contributed by atoms with Crippen LogP contribution < -0.4 is 14.8 Å². The zero-order valence-electron chi connectivity index (χ0n) is 16.6. The summed E-state index contributed by atoms with van der Waals surface area (Å²) in [6.45, 7) is 7.83. The smallest absolute Gasteiger partial charge is 0.243 e. The van der Waals surface area contributed by atoms with Crippen LogP contribution in [0.1, 0.15) is 27.7 Å². The van der Waals surface area contributed by atoms with E-state index in [0.29, 0.717) is 11.5 Å². The number of sulfonamides is 1. The van der Waals surface area contributed by atoms with Crippen LogP contribution in [0, 0.1) is 11.8 Å². The third-order valence-electron chi connectivity index (χ3n) is 4.19. The van der Waals surface area contributed by atoms with Crippen molar-refractivity contribution in [2.24, 2.45) is 11.8 Å². The SMILES string of the molecule is COc1ccc(S(=O)(=O)N(C)CC(=O)NC(C(C)C)C(C)C)cc1OC. The normalized spacial score (nSPS) is 12.1. The molecule has 1 rings (SSSR count). The first kappa shape index (κ1) is 22.2. The summed E-state index contributed by atoms with van der Waals surface area (Å²) < 4.78 is 36.8.